The quantitative estimate of drug-likeness (QED) is 0.924. The van der Waals surface area contributed by atoms with E-state index in [1.807, 2.05) is 0 Å². The number of aromatic amines is 1. The molecule has 1 N–H and O–H groups in total. The smallest absolute Gasteiger partial charge is 0.258 e. The summed E-state index contributed by atoms with van der Waals surface area (Å²) >= 11 is 5.98. The van der Waals surface area contributed by atoms with Crippen molar-refractivity contribution in [2.24, 2.45) is 0 Å². The number of ether oxygens (including phenoxy) is 1. The third kappa shape index (κ3) is 3.10. The second-order valence-electron chi connectivity index (χ2n) is 5.60. The van der Waals surface area contributed by atoms with Gasteiger partial charge in [-0.1, -0.05) is 11.6 Å². The lowest BCUT2D eigenvalue weighted by Gasteiger charge is -2.36. The molecule has 1 aromatic carbocycles. The first-order valence-electron chi connectivity index (χ1n) is 7.07. The predicted octanol–water partition coefficient (Wildman–Crippen LogP) is 2.19. The van der Waals surface area contributed by atoms with Gasteiger partial charge in [-0.2, -0.15) is 0 Å². The Morgan fingerprint density at radius 2 is 2.29 bits per heavy atom. The van der Waals surface area contributed by atoms with Gasteiger partial charge in [0.25, 0.3) is 5.56 Å². The minimum atomic E-state index is -0.124. The number of morpholine rings is 1. The van der Waals surface area contributed by atoms with Crippen molar-refractivity contribution in [2.75, 3.05) is 13.2 Å². The van der Waals surface area contributed by atoms with Crippen LogP contribution in [0.25, 0.3) is 10.9 Å². The number of hydrogen-bond donors (Lipinski definition) is 1. The van der Waals surface area contributed by atoms with E-state index in [9.17, 15) is 4.79 Å². The lowest BCUT2D eigenvalue weighted by molar-refractivity contribution is -0.0534. The van der Waals surface area contributed by atoms with Crippen molar-refractivity contribution in [1.29, 1.82) is 0 Å². The molecule has 0 aliphatic carbocycles. The van der Waals surface area contributed by atoms with E-state index in [2.05, 4.69) is 28.7 Å². The molecule has 0 amide bonds. The van der Waals surface area contributed by atoms with Gasteiger partial charge in [0, 0.05) is 17.6 Å². The molecule has 3 rings (SSSR count). The minimum absolute atomic E-state index is 0.124. The van der Waals surface area contributed by atoms with Crippen molar-refractivity contribution < 1.29 is 4.74 Å². The number of fused-ring (bicyclic) bond motifs is 1. The SMILES string of the molecule is C[C@@H]1CN(Cc2nc3cc(Cl)ccc3c(=O)[nH]2)[C@@H](C)CO1. The number of halogens is 1. The molecule has 2 heterocycles. The fraction of sp³-hybridized carbons (Fsp3) is 0.467. The zero-order valence-electron chi connectivity index (χ0n) is 12.1. The van der Waals surface area contributed by atoms with E-state index in [1.165, 1.54) is 0 Å². The maximum Gasteiger partial charge on any atom is 0.258 e. The van der Waals surface area contributed by atoms with Crippen molar-refractivity contribution >= 4 is 22.5 Å². The van der Waals surface area contributed by atoms with Crippen LogP contribution >= 0.6 is 11.6 Å². The van der Waals surface area contributed by atoms with Crippen LogP contribution in [0, 0.1) is 0 Å². The molecule has 1 saturated heterocycles. The van der Waals surface area contributed by atoms with Crippen molar-refractivity contribution in [2.45, 2.75) is 32.5 Å². The zero-order chi connectivity index (χ0) is 15.0. The molecule has 1 aliphatic rings. The molecule has 1 aromatic heterocycles. The maximum absolute atomic E-state index is 12.1. The molecule has 5 nitrogen and oxygen atoms in total. The monoisotopic (exact) mass is 307 g/mol. The van der Waals surface area contributed by atoms with E-state index in [0.29, 0.717) is 40.9 Å². The van der Waals surface area contributed by atoms with Crippen LogP contribution in [0.4, 0.5) is 0 Å². The summed E-state index contributed by atoms with van der Waals surface area (Å²) in [5, 5.41) is 1.14. The lowest BCUT2D eigenvalue weighted by Crippen LogP contribution is -2.47. The predicted molar refractivity (Wildman–Crippen MR) is 82.7 cm³/mol. The molecule has 0 spiro atoms. The average Bonchev–Trinajstić information content (AvgIpc) is 2.42. The Kier molecular flexibility index (Phi) is 3.97. The van der Waals surface area contributed by atoms with Crippen LogP contribution in [0.3, 0.4) is 0 Å². The summed E-state index contributed by atoms with van der Waals surface area (Å²) in [5.41, 5.74) is 0.510. The van der Waals surface area contributed by atoms with Gasteiger partial charge in [0.05, 0.1) is 30.2 Å². The van der Waals surface area contributed by atoms with Gasteiger partial charge < -0.3 is 9.72 Å². The van der Waals surface area contributed by atoms with Crippen LogP contribution in [0.5, 0.6) is 0 Å². The third-order valence-corrected chi connectivity index (χ3v) is 4.04. The van der Waals surface area contributed by atoms with Gasteiger partial charge in [-0.15, -0.1) is 0 Å². The molecule has 112 valence electrons. The highest BCUT2D eigenvalue weighted by molar-refractivity contribution is 6.31. The van der Waals surface area contributed by atoms with E-state index in [0.717, 1.165) is 6.54 Å². The van der Waals surface area contributed by atoms with Crippen molar-refractivity contribution in [3.05, 3.63) is 39.4 Å². The Morgan fingerprint density at radius 3 is 3.10 bits per heavy atom. The summed E-state index contributed by atoms with van der Waals surface area (Å²) in [6, 6.07) is 5.43. The number of H-pyrrole nitrogens is 1. The molecular formula is C15H18ClN3O2. The number of hydrogen-bond acceptors (Lipinski definition) is 4. The molecule has 6 heteroatoms. The fourth-order valence-electron chi connectivity index (χ4n) is 2.62. The molecule has 2 atom stereocenters. The second-order valence-corrected chi connectivity index (χ2v) is 6.03. The maximum atomic E-state index is 12.1. The van der Waals surface area contributed by atoms with E-state index < -0.39 is 0 Å². The Hall–Kier alpha value is -1.43. The topological polar surface area (TPSA) is 58.2 Å². The molecule has 1 aliphatic heterocycles. The summed E-state index contributed by atoms with van der Waals surface area (Å²) in [4.78, 5) is 21.8. The molecule has 0 unspecified atom stereocenters. The summed E-state index contributed by atoms with van der Waals surface area (Å²) in [5.74, 6) is 0.663. The van der Waals surface area contributed by atoms with Gasteiger partial charge in [0.1, 0.15) is 5.82 Å². The van der Waals surface area contributed by atoms with Crippen molar-refractivity contribution in [1.82, 2.24) is 14.9 Å². The van der Waals surface area contributed by atoms with E-state index in [4.69, 9.17) is 16.3 Å². The Labute approximate surface area is 127 Å². The number of nitrogens with one attached hydrogen (secondary N) is 1. The minimum Gasteiger partial charge on any atom is -0.376 e. The van der Waals surface area contributed by atoms with Crippen LogP contribution in [-0.2, 0) is 11.3 Å². The summed E-state index contributed by atoms with van der Waals surface area (Å²) in [6.07, 6.45) is 0.197. The highest BCUT2D eigenvalue weighted by atomic mass is 35.5. The lowest BCUT2D eigenvalue weighted by atomic mass is 10.2. The first-order valence-corrected chi connectivity index (χ1v) is 7.45. The van der Waals surface area contributed by atoms with Crippen molar-refractivity contribution in [3.63, 3.8) is 0 Å². The second kappa shape index (κ2) is 5.75. The molecule has 0 radical (unpaired) electrons. The van der Waals surface area contributed by atoms with Gasteiger partial charge in [-0.05, 0) is 32.0 Å². The number of benzene rings is 1. The zero-order valence-corrected chi connectivity index (χ0v) is 12.9. The van der Waals surface area contributed by atoms with Crippen LogP contribution < -0.4 is 5.56 Å². The van der Waals surface area contributed by atoms with E-state index in [-0.39, 0.29) is 11.7 Å². The third-order valence-electron chi connectivity index (χ3n) is 3.81. The van der Waals surface area contributed by atoms with E-state index >= 15 is 0 Å². The highest BCUT2D eigenvalue weighted by Gasteiger charge is 2.24. The van der Waals surface area contributed by atoms with Crippen LogP contribution in [0.2, 0.25) is 5.02 Å². The van der Waals surface area contributed by atoms with Crippen molar-refractivity contribution in [3.8, 4) is 0 Å². The average molecular weight is 308 g/mol. The fourth-order valence-corrected chi connectivity index (χ4v) is 2.79. The van der Waals surface area contributed by atoms with Gasteiger partial charge in [-0.3, -0.25) is 9.69 Å². The van der Waals surface area contributed by atoms with Gasteiger partial charge in [0.2, 0.25) is 0 Å². The Bertz CT molecular complexity index is 716. The Balaban J connectivity index is 1.92. The Morgan fingerprint density at radius 1 is 1.48 bits per heavy atom. The number of aromatic nitrogens is 2. The summed E-state index contributed by atoms with van der Waals surface area (Å²) < 4.78 is 5.62. The van der Waals surface area contributed by atoms with Crippen LogP contribution in [-0.4, -0.2) is 40.2 Å². The molecule has 21 heavy (non-hydrogen) atoms. The first kappa shape index (κ1) is 14.5. The highest BCUT2D eigenvalue weighted by Crippen LogP contribution is 2.17. The first-order chi connectivity index (χ1) is 10.0. The molecule has 0 saturated carbocycles. The summed E-state index contributed by atoms with van der Waals surface area (Å²) in [7, 11) is 0. The number of nitrogens with zero attached hydrogens (tertiary/aromatic N) is 2. The number of rotatable bonds is 2. The summed E-state index contributed by atoms with van der Waals surface area (Å²) in [6.45, 7) is 6.30. The normalized spacial score (nSPS) is 23.6. The van der Waals surface area contributed by atoms with E-state index in [1.54, 1.807) is 18.2 Å². The molecule has 1 fully saturated rings. The van der Waals surface area contributed by atoms with Gasteiger partial charge in [0.15, 0.2) is 0 Å². The molecular weight excluding hydrogens is 290 g/mol. The largest absolute Gasteiger partial charge is 0.376 e. The standard InChI is InChI=1S/C15H18ClN3O2/c1-9-8-21-10(2)6-19(9)7-14-17-13-5-11(16)3-4-12(13)15(20)18-14/h3-5,9-10H,6-8H2,1-2H3,(H,17,18,20)/t9-,10+/m0/s1. The van der Waals surface area contributed by atoms with Gasteiger partial charge >= 0.3 is 0 Å². The van der Waals surface area contributed by atoms with Crippen LogP contribution in [0.15, 0.2) is 23.0 Å². The molecule has 2 aromatic rings. The van der Waals surface area contributed by atoms with Crippen LogP contribution in [0.1, 0.15) is 19.7 Å². The van der Waals surface area contributed by atoms with Gasteiger partial charge in [-0.25, -0.2) is 4.98 Å². The molecule has 0 bridgehead atoms.